The topological polar surface area (TPSA) is 96.5 Å². The SMILES string of the molecule is COc1ccc(Cn2nc([N+](=O)[O-])cc2C2CC(=O)CO2)cc1. The van der Waals surface area contributed by atoms with E-state index in [9.17, 15) is 14.9 Å². The molecule has 0 bridgehead atoms. The number of hydrogen-bond donors (Lipinski definition) is 0. The highest BCUT2D eigenvalue weighted by atomic mass is 16.6. The highest BCUT2D eigenvalue weighted by Crippen LogP contribution is 2.29. The average molecular weight is 317 g/mol. The monoisotopic (exact) mass is 317 g/mol. The Balaban J connectivity index is 1.89. The zero-order valence-electron chi connectivity index (χ0n) is 12.5. The van der Waals surface area contributed by atoms with Gasteiger partial charge in [0.1, 0.15) is 18.5 Å². The fourth-order valence-corrected chi connectivity index (χ4v) is 2.50. The molecule has 0 aliphatic carbocycles. The highest BCUT2D eigenvalue weighted by Gasteiger charge is 2.31. The lowest BCUT2D eigenvalue weighted by molar-refractivity contribution is -0.389. The van der Waals surface area contributed by atoms with E-state index in [4.69, 9.17) is 9.47 Å². The van der Waals surface area contributed by atoms with Crippen molar-refractivity contribution in [2.45, 2.75) is 19.1 Å². The Bertz CT molecular complexity index is 738. The van der Waals surface area contributed by atoms with Gasteiger partial charge >= 0.3 is 5.82 Å². The Kier molecular flexibility index (Phi) is 4.07. The van der Waals surface area contributed by atoms with Gasteiger partial charge in [0.2, 0.25) is 0 Å². The summed E-state index contributed by atoms with van der Waals surface area (Å²) in [5.41, 5.74) is 1.45. The summed E-state index contributed by atoms with van der Waals surface area (Å²) in [6.07, 6.45) is -0.271. The molecule has 0 amide bonds. The van der Waals surface area contributed by atoms with Gasteiger partial charge in [0.15, 0.2) is 5.78 Å². The van der Waals surface area contributed by atoms with Crippen molar-refractivity contribution in [1.29, 1.82) is 0 Å². The maximum absolute atomic E-state index is 11.4. The van der Waals surface area contributed by atoms with Crippen molar-refractivity contribution in [2.24, 2.45) is 0 Å². The van der Waals surface area contributed by atoms with Crippen LogP contribution in [0.15, 0.2) is 30.3 Å². The lowest BCUT2D eigenvalue weighted by atomic mass is 10.1. The fraction of sp³-hybridized carbons (Fsp3) is 0.333. The summed E-state index contributed by atoms with van der Waals surface area (Å²) in [4.78, 5) is 21.8. The maximum Gasteiger partial charge on any atom is 0.390 e. The van der Waals surface area contributed by atoms with E-state index in [2.05, 4.69) is 5.10 Å². The standard InChI is InChI=1S/C15H15N3O5/c1-22-12-4-2-10(3-5-12)8-17-13(7-15(16-17)18(20)21)14-6-11(19)9-23-14/h2-5,7,14H,6,8-9H2,1H3. The van der Waals surface area contributed by atoms with Gasteiger partial charge in [0, 0.05) is 6.42 Å². The predicted molar refractivity (Wildman–Crippen MR) is 79.3 cm³/mol. The molecular formula is C15H15N3O5. The first-order chi connectivity index (χ1) is 11.1. The van der Waals surface area contributed by atoms with Crippen molar-refractivity contribution >= 4 is 11.6 Å². The van der Waals surface area contributed by atoms with Crippen LogP contribution in [0.1, 0.15) is 23.8 Å². The molecule has 2 aromatic rings. The largest absolute Gasteiger partial charge is 0.497 e. The lowest BCUT2D eigenvalue weighted by Crippen LogP contribution is -2.10. The van der Waals surface area contributed by atoms with Crippen LogP contribution in [0.3, 0.4) is 0 Å². The Labute approximate surface area is 131 Å². The molecule has 8 nitrogen and oxygen atoms in total. The number of nitro groups is 1. The summed E-state index contributed by atoms with van der Waals surface area (Å²) in [5.74, 6) is 0.455. The molecule has 1 saturated heterocycles. The first-order valence-electron chi connectivity index (χ1n) is 7.05. The van der Waals surface area contributed by atoms with Crippen LogP contribution in [0.5, 0.6) is 5.75 Å². The van der Waals surface area contributed by atoms with E-state index in [-0.39, 0.29) is 24.6 Å². The number of aromatic nitrogens is 2. The van der Waals surface area contributed by atoms with E-state index < -0.39 is 11.0 Å². The molecule has 0 N–H and O–H groups in total. The summed E-state index contributed by atoms with van der Waals surface area (Å²) in [6, 6.07) is 8.70. The summed E-state index contributed by atoms with van der Waals surface area (Å²) in [6.45, 7) is 0.382. The second-order valence-electron chi connectivity index (χ2n) is 5.23. The minimum absolute atomic E-state index is 0.0187. The van der Waals surface area contributed by atoms with Crippen molar-refractivity contribution in [3.63, 3.8) is 0 Å². The molecule has 1 aliphatic rings. The number of carbonyl (C=O) groups is 1. The Morgan fingerprint density at radius 3 is 2.74 bits per heavy atom. The van der Waals surface area contributed by atoms with Crippen LogP contribution in [0.4, 0.5) is 5.82 Å². The first kappa shape index (κ1) is 15.2. The Morgan fingerprint density at radius 1 is 1.43 bits per heavy atom. The van der Waals surface area contributed by atoms with Crippen molar-refractivity contribution in [3.05, 3.63) is 51.7 Å². The molecule has 1 atom stereocenters. The van der Waals surface area contributed by atoms with E-state index in [1.165, 1.54) is 10.7 Å². The van der Waals surface area contributed by atoms with Crippen molar-refractivity contribution in [1.82, 2.24) is 9.78 Å². The highest BCUT2D eigenvalue weighted by molar-refractivity contribution is 5.81. The molecule has 1 aromatic carbocycles. The smallest absolute Gasteiger partial charge is 0.390 e. The third-order valence-corrected chi connectivity index (χ3v) is 3.67. The van der Waals surface area contributed by atoms with Crippen LogP contribution in [0.2, 0.25) is 0 Å². The average Bonchev–Trinajstić information content (AvgIpc) is 3.14. The quantitative estimate of drug-likeness (QED) is 0.617. The molecule has 8 heteroatoms. The van der Waals surface area contributed by atoms with E-state index >= 15 is 0 Å². The van der Waals surface area contributed by atoms with Crippen molar-refractivity contribution < 1.29 is 19.2 Å². The number of carbonyl (C=O) groups excluding carboxylic acids is 1. The zero-order valence-corrected chi connectivity index (χ0v) is 12.5. The van der Waals surface area contributed by atoms with E-state index in [0.717, 1.165) is 11.3 Å². The number of Topliss-reactive ketones (excluding diaryl/α,β-unsaturated/α-hetero) is 1. The first-order valence-corrected chi connectivity index (χ1v) is 7.05. The molecule has 0 saturated carbocycles. The number of hydrogen-bond acceptors (Lipinski definition) is 6. The number of ketones is 1. The molecular weight excluding hydrogens is 302 g/mol. The second-order valence-corrected chi connectivity index (χ2v) is 5.23. The van der Waals surface area contributed by atoms with Crippen LogP contribution in [-0.4, -0.2) is 34.2 Å². The van der Waals surface area contributed by atoms with Gasteiger partial charge in [-0.25, -0.2) is 0 Å². The number of benzene rings is 1. The van der Waals surface area contributed by atoms with Crippen LogP contribution in [0.25, 0.3) is 0 Å². The van der Waals surface area contributed by atoms with Gasteiger partial charge in [0.05, 0.1) is 30.5 Å². The van der Waals surface area contributed by atoms with E-state index in [1.54, 1.807) is 7.11 Å². The summed E-state index contributed by atoms with van der Waals surface area (Å²) >= 11 is 0. The van der Waals surface area contributed by atoms with Crippen LogP contribution < -0.4 is 4.74 Å². The Hall–Kier alpha value is -2.74. The molecule has 0 radical (unpaired) electrons. The zero-order chi connectivity index (χ0) is 16.4. The third-order valence-electron chi connectivity index (χ3n) is 3.67. The third kappa shape index (κ3) is 3.21. The van der Waals surface area contributed by atoms with Crippen molar-refractivity contribution in [2.75, 3.05) is 13.7 Å². The van der Waals surface area contributed by atoms with Gasteiger partial charge in [-0.15, -0.1) is 0 Å². The van der Waals surface area contributed by atoms with Gasteiger partial charge in [-0.2, -0.15) is 4.68 Å². The molecule has 120 valence electrons. The molecule has 3 rings (SSSR count). The van der Waals surface area contributed by atoms with Crippen LogP contribution in [0, 0.1) is 10.1 Å². The number of rotatable bonds is 5. The normalized spacial score (nSPS) is 17.4. The Morgan fingerprint density at radius 2 is 2.17 bits per heavy atom. The van der Waals surface area contributed by atoms with E-state index in [0.29, 0.717) is 12.2 Å². The molecule has 1 aromatic heterocycles. The maximum atomic E-state index is 11.4. The molecule has 2 heterocycles. The van der Waals surface area contributed by atoms with Crippen molar-refractivity contribution in [3.8, 4) is 5.75 Å². The molecule has 23 heavy (non-hydrogen) atoms. The molecule has 0 spiro atoms. The number of nitrogens with zero attached hydrogens (tertiary/aromatic N) is 3. The summed E-state index contributed by atoms with van der Waals surface area (Å²) in [7, 11) is 1.58. The van der Waals surface area contributed by atoms with E-state index in [1.807, 2.05) is 24.3 Å². The number of ether oxygens (including phenoxy) is 2. The molecule has 1 aliphatic heterocycles. The molecule has 1 unspecified atom stereocenters. The summed E-state index contributed by atoms with van der Waals surface area (Å²) < 4.78 is 12.0. The van der Waals surface area contributed by atoms with Gasteiger partial charge < -0.3 is 19.6 Å². The molecule has 1 fully saturated rings. The number of methoxy groups -OCH3 is 1. The second kappa shape index (κ2) is 6.17. The minimum atomic E-state index is -0.551. The van der Waals surface area contributed by atoms with Gasteiger partial charge in [-0.05, 0) is 22.6 Å². The van der Waals surface area contributed by atoms with Gasteiger partial charge in [-0.1, -0.05) is 12.1 Å². The van der Waals surface area contributed by atoms with Gasteiger partial charge in [-0.3, -0.25) is 4.79 Å². The predicted octanol–water partition coefficient (Wildman–Crippen LogP) is 1.88. The summed E-state index contributed by atoms with van der Waals surface area (Å²) in [5, 5.41) is 15.0. The van der Waals surface area contributed by atoms with Crippen LogP contribution >= 0.6 is 0 Å². The van der Waals surface area contributed by atoms with Gasteiger partial charge in [0.25, 0.3) is 0 Å². The van der Waals surface area contributed by atoms with Crippen LogP contribution in [-0.2, 0) is 16.1 Å². The lowest BCUT2D eigenvalue weighted by Gasteiger charge is -2.09. The minimum Gasteiger partial charge on any atom is -0.497 e. The fourth-order valence-electron chi connectivity index (χ4n) is 2.50.